The molecule has 0 aliphatic heterocycles. The van der Waals surface area contributed by atoms with Crippen molar-refractivity contribution in [2.75, 3.05) is 24.6 Å². The summed E-state index contributed by atoms with van der Waals surface area (Å²) in [7, 11) is 0. The maximum atomic E-state index is 8.92. The minimum atomic E-state index is 0.200. The minimum Gasteiger partial charge on any atom is -0.396 e. The van der Waals surface area contributed by atoms with E-state index >= 15 is 0 Å². The molecule has 0 spiro atoms. The molecular weight excluding hydrogens is 236 g/mol. The van der Waals surface area contributed by atoms with E-state index in [1.165, 1.54) is 11.5 Å². The van der Waals surface area contributed by atoms with Gasteiger partial charge in [0.15, 0.2) is 0 Å². The van der Waals surface area contributed by atoms with E-state index in [9.17, 15) is 0 Å². The van der Waals surface area contributed by atoms with Crippen LogP contribution in [0.25, 0.3) is 10.2 Å². The van der Waals surface area contributed by atoms with Gasteiger partial charge in [-0.1, -0.05) is 0 Å². The average molecular weight is 252 g/mol. The van der Waals surface area contributed by atoms with Gasteiger partial charge >= 0.3 is 0 Å². The number of aromatic nitrogens is 3. The lowest BCUT2D eigenvalue weighted by Gasteiger charge is -2.22. The molecule has 2 aromatic heterocycles. The molecule has 2 rings (SSSR count). The largest absolute Gasteiger partial charge is 0.396 e. The molecule has 1 N–H and O–H groups in total. The molecule has 17 heavy (non-hydrogen) atoms. The molecule has 2 aromatic rings. The standard InChI is InChI=1S/C11H16N4OS/c1-3-15(5-4-6-16)10-9-8(2)14-17-11(9)13-7-12-10/h7,16H,3-6H2,1-2H3. The molecule has 92 valence electrons. The van der Waals surface area contributed by atoms with Gasteiger partial charge in [-0.05, 0) is 31.8 Å². The third-order valence-corrected chi connectivity index (χ3v) is 3.54. The predicted octanol–water partition coefficient (Wildman–Crippen LogP) is 1.60. The molecule has 0 aromatic carbocycles. The van der Waals surface area contributed by atoms with Crippen molar-refractivity contribution >= 4 is 27.6 Å². The number of hydrogen-bond acceptors (Lipinski definition) is 6. The highest BCUT2D eigenvalue weighted by atomic mass is 32.1. The van der Waals surface area contributed by atoms with Crippen molar-refractivity contribution in [3.8, 4) is 0 Å². The Bertz CT molecular complexity index is 499. The number of hydrogen-bond donors (Lipinski definition) is 1. The van der Waals surface area contributed by atoms with E-state index in [1.54, 1.807) is 6.33 Å². The molecule has 0 saturated heterocycles. The van der Waals surface area contributed by atoms with E-state index in [-0.39, 0.29) is 6.61 Å². The van der Waals surface area contributed by atoms with E-state index in [1.807, 2.05) is 6.92 Å². The molecule has 0 bridgehead atoms. The van der Waals surface area contributed by atoms with Gasteiger partial charge in [0.05, 0.1) is 11.1 Å². The Morgan fingerprint density at radius 3 is 2.94 bits per heavy atom. The average Bonchev–Trinajstić information content (AvgIpc) is 2.73. The first kappa shape index (κ1) is 12.2. The fraction of sp³-hybridized carbons (Fsp3) is 0.545. The van der Waals surface area contributed by atoms with Gasteiger partial charge in [-0.15, -0.1) is 0 Å². The molecule has 0 aliphatic carbocycles. The van der Waals surface area contributed by atoms with Gasteiger partial charge in [0.1, 0.15) is 17.0 Å². The van der Waals surface area contributed by atoms with Crippen molar-refractivity contribution in [2.45, 2.75) is 20.3 Å². The molecule has 0 atom stereocenters. The van der Waals surface area contributed by atoms with E-state index in [0.29, 0.717) is 0 Å². The van der Waals surface area contributed by atoms with Crippen LogP contribution in [-0.4, -0.2) is 39.1 Å². The second-order valence-corrected chi connectivity index (χ2v) is 4.55. The minimum absolute atomic E-state index is 0.200. The lowest BCUT2D eigenvalue weighted by molar-refractivity contribution is 0.289. The highest BCUT2D eigenvalue weighted by molar-refractivity contribution is 7.13. The van der Waals surface area contributed by atoms with Crippen molar-refractivity contribution in [2.24, 2.45) is 0 Å². The Morgan fingerprint density at radius 1 is 1.41 bits per heavy atom. The Hall–Kier alpha value is -1.27. The van der Waals surface area contributed by atoms with Gasteiger partial charge in [-0.2, -0.15) is 4.37 Å². The number of aryl methyl sites for hydroxylation is 1. The number of rotatable bonds is 5. The van der Waals surface area contributed by atoms with Gasteiger partial charge < -0.3 is 10.0 Å². The highest BCUT2D eigenvalue weighted by Crippen LogP contribution is 2.28. The second kappa shape index (κ2) is 5.37. The normalized spacial score (nSPS) is 11.0. The van der Waals surface area contributed by atoms with Crippen LogP contribution in [0.1, 0.15) is 19.0 Å². The maximum Gasteiger partial charge on any atom is 0.149 e. The van der Waals surface area contributed by atoms with Gasteiger partial charge in [0.25, 0.3) is 0 Å². The summed E-state index contributed by atoms with van der Waals surface area (Å²) in [5.41, 5.74) is 0.975. The molecule has 5 nitrogen and oxygen atoms in total. The van der Waals surface area contributed by atoms with Crippen LogP contribution >= 0.6 is 11.5 Å². The van der Waals surface area contributed by atoms with Gasteiger partial charge in [-0.25, -0.2) is 9.97 Å². The van der Waals surface area contributed by atoms with E-state index in [4.69, 9.17) is 5.11 Å². The zero-order valence-corrected chi connectivity index (χ0v) is 10.9. The first-order valence-corrected chi connectivity index (χ1v) is 6.48. The monoisotopic (exact) mass is 252 g/mol. The summed E-state index contributed by atoms with van der Waals surface area (Å²) in [6.45, 7) is 5.92. The molecule has 0 aliphatic rings. The van der Waals surface area contributed by atoms with Crippen molar-refractivity contribution in [3.63, 3.8) is 0 Å². The molecule has 0 radical (unpaired) electrons. The number of nitrogens with zero attached hydrogens (tertiary/aromatic N) is 4. The SMILES string of the molecule is CCN(CCCO)c1ncnc2snc(C)c12. The Morgan fingerprint density at radius 2 is 2.24 bits per heavy atom. The quantitative estimate of drug-likeness (QED) is 0.875. The summed E-state index contributed by atoms with van der Waals surface area (Å²) in [5.74, 6) is 0.928. The zero-order chi connectivity index (χ0) is 12.3. The molecule has 6 heteroatoms. The summed E-state index contributed by atoms with van der Waals surface area (Å²) in [5, 5.41) is 9.95. The molecule has 0 fully saturated rings. The maximum absolute atomic E-state index is 8.92. The van der Waals surface area contributed by atoms with Crippen molar-refractivity contribution in [1.29, 1.82) is 0 Å². The molecule has 0 amide bonds. The third-order valence-electron chi connectivity index (χ3n) is 2.69. The van der Waals surface area contributed by atoms with Crippen molar-refractivity contribution in [3.05, 3.63) is 12.0 Å². The number of aliphatic hydroxyl groups is 1. The fourth-order valence-corrected chi connectivity index (χ4v) is 2.56. The summed E-state index contributed by atoms with van der Waals surface area (Å²) in [6.07, 6.45) is 2.33. The van der Waals surface area contributed by atoms with Gasteiger partial charge in [-0.3, -0.25) is 0 Å². The second-order valence-electron chi connectivity index (χ2n) is 3.80. The lowest BCUT2D eigenvalue weighted by Crippen LogP contribution is -2.25. The summed E-state index contributed by atoms with van der Waals surface area (Å²) >= 11 is 1.40. The van der Waals surface area contributed by atoms with Crippen molar-refractivity contribution in [1.82, 2.24) is 14.3 Å². The van der Waals surface area contributed by atoms with Crippen LogP contribution in [0.3, 0.4) is 0 Å². The lowest BCUT2D eigenvalue weighted by atomic mass is 10.2. The van der Waals surface area contributed by atoms with Crippen LogP contribution in [0, 0.1) is 6.92 Å². The van der Waals surface area contributed by atoms with E-state index in [0.717, 1.165) is 41.2 Å². The van der Waals surface area contributed by atoms with Gasteiger partial charge in [0, 0.05) is 19.7 Å². The summed E-state index contributed by atoms with van der Waals surface area (Å²) < 4.78 is 4.32. The van der Waals surface area contributed by atoms with Crippen LogP contribution in [0.2, 0.25) is 0 Å². The molecule has 2 heterocycles. The van der Waals surface area contributed by atoms with Crippen LogP contribution in [-0.2, 0) is 0 Å². The first-order valence-electron chi connectivity index (χ1n) is 5.70. The third kappa shape index (κ3) is 2.37. The molecular formula is C11H16N4OS. The van der Waals surface area contributed by atoms with Crippen LogP contribution in [0.4, 0.5) is 5.82 Å². The first-order chi connectivity index (χ1) is 8.27. The number of fused-ring (bicyclic) bond motifs is 1. The van der Waals surface area contributed by atoms with Crippen LogP contribution in [0.5, 0.6) is 0 Å². The number of aliphatic hydroxyl groups excluding tert-OH is 1. The van der Waals surface area contributed by atoms with E-state index < -0.39 is 0 Å². The van der Waals surface area contributed by atoms with Crippen molar-refractivity contribution < 1.29 is 5.11 Å². The predicted molar refractivity (Wildman–Crippen MR) is 69.5 cm³/mol. The molecule has 0 unspecified atom stereocenters. The zero-order valence-electron chi connectivity index (χ0n) is 10.1. The summed E-state index contributed by atoms with van der Waals surface area (Å²) in [4.78, 5) is 11.7. The van der Waals surface area contributed by atoms with Gasteiger partial charge in [0.2, 0.25) is 0 Å². The van der Waals surface area contributed by atoms with Crippen LogP contribution in [0.15, 0.2) is 6.33 Å². The molecule has 0 saturated carbocycles. The Balaban J connectivity index is 2.41. The topological polar surface area (TPSA) is 62.1 Å². The fourth-order valence-electron chi connectivity index (χ4n) is 1.82. The van der Waals surface area contributed by atoms with E-state index in [2.05, 4.69) is 26.2 Å². The van der Waals surface area contributed by atoms with Crippen LogP contribution < -0.4 is 4.90 Å². The Labute approximate surface area is 104 Å². The highest BCUT2D eigenvalue weighted by Gasteiger charge is 2.14. The smallest absolute Gasteiger partial charge is 0.149 e. The summed E-state index contributed by atoms with van der Waals surface area (Å²) in [6, 6.07) is 0. The Kier molecular flexibility index (Phi) is 3.86. The number of anilines is 1.